The van der Waals surface area contributed by atoms with Gasteiger partial charge in [0, 0.05) is 31.7 Å². The van der Waals surface area contributed by atoms with Crippen LogP contribution in [-0.4, -0.2) is 64.2 Å². The van der Waals surface area contributed by atoms with Gasteiger partial charge >= 0.3 is 0 Å². The van der Waals surface area contributed by atoms with Gasteiger partial charge in [-0.25, -0.2) is 0 Å². The van der Waals surface area contributed by atoms with E-state index >= 15 is 0 Å². The summed E-state index contributed by atoms with van der Waals surface area (Å²) in [6.07, 6.45) is 4.51. The fourth-order valence-corrected chi connectivity index (χ4v) is 5.10. The summed E-state index contributed by atoms with van der Waals surface area (Å²) in [5.41, 5.74) is -0.132. The fourth-order valence-electron chi connectivity index (χ4n) is 4.14. The molecule has 2 fully saturated rings. The number of likely N-dealkylation sites (N-methyl/N-ethyl adjacent to an activating group) is 1. The largest absolute Gasteiger partial charge is 0.349 e. The van der Waals surface area contributed by atoms with E-state index in [0.717, 1.165) is 62.9 Å². The Morgan fingerprint density at radius 3 is 2.82 bits per heavy atom. The summed E-state index contributed by atoms with van der Waals surface area (Å²) < 4.78 is 1.53. The van der Waals surface area contributed by atoms with Crippen molar-refractivity contribution in [2.45, 2.75) is 45.6 Å². The lowest BCUT2D eigenvalue weighted by Crippen LogP contribution is -2.40. The molecule has 4 heterocycles. The molecule has 2 aromatic rings. The van der Waals surface area contributed by atoms with Crippen LogP contribution in [0.1, 0.15) is 50.0 Å². The van der Waals surface area contributed by atoms with Crippen LogP contribution < -0.4 is 15.8 Å². The predicted molar refractivity (Wildman–Crippen MR) is 110 cm³/mol. The number of anilines is 1. The Bertz CT molecular complexity index is 901. The highest BCUT2D eigenvalue weighted by Crippen LogP contribution is 2.27. The molecule has 0 bridgehead atoms. The third-order valence-electron chi connectivity index (χ3n) is 5.93. The molecular weight excluding hydrogens is 376 g/mol. The maximum absolute atomic E-state index is 12.8. The van der Waals surface area contributed by atoms with E-state index in [2.05, 4.69) is 39.0 Å². The first kappa shape index (κ1) is 19.3. The van der Waals surface area contributed by atoms with Gasteiger partial charge < -0.3 is 10.2 Å². The van der Waals surface area contributed by atoms with Crippen LogP contribution in [0.3, 0.4) is 0 Å². The van der Waals surface area contributed by atoms with Crippen LogP contribution in [0, 0.1) is 5.92 Å². The molecule has 28 heavy (non-hydrogen) atoms. The summed E-state index contributed by atoms with van der Waals surface area (Å²) in [7, 11) is 0. The van der Waals surface area contributed by atoms with E-state index in [4.69, 9.17) is 0 Å². The minimum atomic E-state index is -0.399. The molecule has 0 radical (unpaired) electrons. The van der Waals surface area contributed by atoms with E-state index in [1.165, 1.54) is 21.9 Å². The van der Waals surface area contributed by atoms with Crippen molar-refractivity contribution in [1.29, 1.82) is 0 Å². The maximum Gasteiger partial charge on any atom is 0.274 e. The van der Waals surface area contributed by atoms with Crippen molar-refractivity contribution < 1.29 is 4.79 Å². The summed E-state index contributed by atoms with van der Waals surface area (Å²) in [6, 6.07) is 1.65. The van der Waals surface area contributed by atoms with Crippen molar-refractivity contribution in [3.05, 3.63) is 22.1 Å². The average molecular weight is 405 g/mol. The van der Waals surface area contributed by atoms with Crippen LogP contribution in [0.4, 0.5) is 5.13 Å². The number of likely N-dealkylation sites (tertiary alicyclic amines) is 1. The van der Waals surface area contributed by atoms with Gasteiger partial charge in [0.05, 0.1) is 0 Å². The van der Waals surface area contributed by atoms with Crippen molar-refractivity contribution >= 4 is 27.3 Å². The fraction of sp³-hybridized carbons (Fsp3) is 0.684. The molecule has 9 heteroatoms. The molecule has 152 valence electrons. The Morgan fingerprint density at radius 1 is 1.29 bits per heavy atom. The Hall–Kier alpha value is -2.00. The molecular formula is C19H28N6O2S. The molecule has 1 amide bonds. The van der Waals surface area contributed by atoms with E-state index in [1.807, 2.05) is 0 Å². The smallest absolute Gasteiger partial charge is 0.274 e. The normalized spacial score (nSPS) is 21.5. The molecule has 0 aliphatic carbocycles. The summed E-state index contributed by atoms with van der Waals surface area (Å²) in [4.78, 5) is 34.0. The van der Waals surface area contributed by atoms with Gasteiger partial charge in [-0.15, -0.1) is 5.10 Å². The van der Waals surface area contributed by atoms with E-state index in [0.29, 0.717) is 17.5 Å². The monoisotopic (exact) mass is 404 g/mol. The first-order chi connectivity index (χ1) is 13.5. The highest BCUT2D eigenvalue weighted by molar-refractivity contribution is 7.20. The van der Waals surface area contributed by atoms with Gasteiger partial charge in [-0.3, -0.25) is 14.5 Å². The number of nitrogens with one attached hydrogen (secondary N) is 1. The molecule has 1 unspecified atom stereocenters. The molecule has 2 aliphatic heterocycles. The molecule has 8 nitrogen and oxygen atoms in total. The SMILES string of the molecule is CCN1CCCC1CNC(=O)c1cc(=O)nc2sc(N3CCC(C)CC3)nn12. The molecule has 1 atom stereocenters. The van der Waals surface area contributed by atoms with Crippen molar-refractivity contribution in [2.24, 2.45) is 5.92 Å². The van der Waals surface area contributed by atoms with Gasteiger partial charge in [0.25, 0.3) is 11.5 Å². The second-order valence-electron chi connectivity index (χ2n) is 7.86. The molecule has 0 aromatic carbocycles. The summed E-state index contributed by atoms with van der Waals surface area (Å²) in [5.74, 6) is 0.464. The first-order valence-electron chi connectivity index (χ1n) is 10.2. The Labute approximate surface area is 168 Å². The van der Waals surface area contributed by atoms with Gasteiger partial charge in [0.1, 0.15) is 5.69 Å². The van der Waals surface area contributed by atoms with Crippen molar-refractivity contribution in [1.82, 2.24) is 24.8 Å². The van der Waals surface area contributed by atoms with E-state index < -0.39 is 5.56 Å². The number of nitrogens with zero attached hydrogens (tertiary/aromatic N) is 5. The number of rotatable bonds is 5. The van der Waals surface area contributed by atoms with Gasteiger partial charge in [0.2, 0.25) is 10.1 Å². The lowest BCUT2D eigenvalue weighted by Gasteiger charge is -2.29. The lowest BCUT2D eigenvalue weighted by atomic mass is 10.00. The van der Waals surface area contributed by atoms with Crippen molar-refractivity contribution in [3.63, 3.8) is 0 Å². The first-order valence-corrected chi connectivity index (χ1v) is 11.0. The van der Waals surface area contributed by atoms with E-state index in [9.17, 15) is 9.59 Å². The molecule has 0 saturated carbocycles. The van der Waals surface area contributed by atoms with Gasteiger partial charge in [-0.1, -0.05) is 25.2 Å². The summed E-state index contributed by atoms with van der Waals surface area (Å²) >= 11 is 1.38. The minimum Gasteiger partial charge on any atom is -0.349 e. The molecule has 4 rings (SSSR count). The third kappa shape index (κ3) is 3.91. The zero-order valence-electron chi connectivity index (χ0n) is 16.6. The average Bonchev–Trinajstić information content (AvgIpc) is 3.32. The second kappa shape index (κ2) is 8.16. The van der Waals surface area contributed by atoms with Gasteiger partial charge in [-0.05, 0) is 44.7 Å². The zero-order chi connectivity index (χ0) is 19.7. The lowest BCUT2D eigenvalue weighted by molar-refractivity contribution is 0.0933. The minimum absolute atomic E-state index is 0.262. The highest BCUT2D eigenvalue weighted by atomic mass is 32.1. The Balaban J connectivity index is 1.54. The van der Waals surface area contributed by atoms with E-state index in [1.54, 1.807) is 0 Å². The van der Waals surface area contributed by atoms with Crippen LogP contribution in [0.15, 0.2) is 10.9 Å². The van der Waals surface area contributed by atoms with Crippen molar-refractivity contribution in [3.8, 4) is 0 Å². The number of fused-ring (bicyclic) bond motifs is 1. The summed E-state index contributed by atoms with van der Waals surface area (Å²) in [5, 5.41) is 8.45. The Morgan fingerprint density at radius 2 is 2.07 bits per heavy atom. The number of aromatic nitrogens is 3. The highest BCUT2D eigenvalue weighted by Gasteiger charge is 2.25. The standard InChI is InChI=1S/C19H28N6O2S/c1-3-23-8-4-5-14(23)12-20-17(27)15-11-16(26)21-18-25(15)22-19(28-18)24-9-6-13(2)7-10-24/h11,13-14H,3-10,12H2,1-2H3,(H,20,27). The quantitative estimate of drug-likeness (QED) is 0.815. The van der Waals surface area contributed by atoms with E-state index in [-0.39, 0.29) is 11.6 Å². The maximum atomic E-state index is 12.8. The van der Waals surface area contributed by atoms with Crippen LogP contribution in [-0.2, 0) is 0 Å². The molecule has 2 aromatic heterocycles. The second-order valence-corrected chi connectivity index (χ2v) is 8.80. The number of carbonyl (C=O) groups is 1. The number of hydrogen-bond donors (Lipinski definition) is 1. The number of amides is 1. The topological polar surface area (TPSA) is 82.8 Å². The number of hydrogen-bond acceptors (Lipinski definition) is 7. The zero-order valence-corrected chi connectivity index (χ0v) is 17.4. The Kier molecular flexibility index (Phi) is 5.63. The predicted octanol–water partition coefficient (Wildman–Crippen LogP) is 1.60. The molecule has 2 saturated heterocycles. The van der Waals surface area contributed by atoms with Crippen LogP contribution in [0.2, 0.25) is 0 Å². The van der Waals surface area contributed by atoms with Crippen LogP contribution in [0.25, 0.3) is 4.96 Å². The van der Waals surface area contributed by atoms with Crippen molar-refractivity contribution in [2.75, 3.05) is 37.6 Å². The van der Waals surface area contributed by atoms with Crippen LogP contribution >= 0.6 is 11.3 Å². The molecule has 2 aliphatic rings. The number of piperidine rings is 1. The molecule has 0 spiro atoms. The summed E-state index contributed by atoms with van der Waals surface area (Å²) in [6.45, 7) is 8.96. The van der Waals surface area contributed by atoms with Gasteiger partial charge in [0.15, 0.2) is 0 Å². The van der Waals surface area contributed by atoms with Crippen LogP contribution in [0.5, 0.6) is 0 Å². The molecule has 1 N–H and O–H groups in total. The third-order valence-corrected chi connectivity index (χ3v) is 6.90. The number of carbonyl (C=O) groups excluding carboxylic acids is 1. The van der Waals surface area contributed by atoms with Gasteiger partial charge in [-0.2, -0.15) is 9.50 Å².